The first-order chi connectivity index (χ1) is 15.1. The van der Waals surface area contributed by atoms with Gasteiger partial charge < -0.3 is 5.32 Å². The number of hydrogen-bond donors (Lipinski definition) is 1. The van der Waals surface area contributed by atoms with E-state index in [1.165, 1.54) is 25.0 Å². The number of aromatic nitrogens is 4. The second-order valence-electron chi connectivity index (χ2n) is 7.76. The Bertz CT molecular complexity index is 1240. The summed E-state index contributed by atoms with van der Waals surface area (Å²) in [5.74, 6) is 0.313. The smallest absolute Gasteiger partial charge is 0.223 e. The van der Waals surface area contributed by atoms with Crippen molar-refractivity contribution in [1.82, 2.24) is 19.6 Å². The number of nitrogens with zero attached hydrogens (tertiary/aromatic N) is 4. The van der Waals surface area contributed by atoms with Gasteiger partial charge in [-0.25, -0.2) is 18.9 Å². The van der Waals surface area contributed by atoms with E-state index < -0.39 is 0 Å². The van der Waals surface area contributed by atoms with Crippen LogP contribution in [-0.4, -0.2) is 25.6 Å². The molecule has 2 aliphatic carbocycles. The van der Waals surface area contributed by atoms with Crippen molar-refractivity contribution in [2.24, 2.45) is 0 Å². The lowest BCUT2D eigenvalue weighted by Crippen LogP contribution is -2.16. The highest BCUT2D eigenvalue weighted by atomic mass is 79.9. The normalized spacial score (nSPS) is 17.0. The molecule has 5 nitrogen and oxygen atoms in total. The van der Waals surface area contributed by atoms with Crippen LogP contribution in [0.2, 0.25) is 5.02 Å². The monoisotopic (exact) mass is 499 g/mol. The van der Waals surface area contributed by atoms with Crippen molar-refractivity contribution < 1.29 is 4.39 Å². The molecule has 0 spiro atoms. The number of anilines is 1. The standard InChI is InChI=1S/C23H20BrClFN5/c24-18-13-27-23(28-17-6-1-2-7-17)29-22(18)20-19-12-15(25)10-11-31(19)30-21(20)14-4-3-5-16(26)9-8-14/h3,5,8-13,17H,1-2,4,6-7H2,(H,27,28,29). The lowest BCUT2D eigenvalue weighted by Gasteiger charge is -2.13. The van der Waals surface area contributed by atoms with E-state index in [4.69, 9.17) is 21.7 Å². The van der Waals surface area contributed by atoms with Crippen molar-refractivity contribution in [2.45, 2.75) is 38.1 Å². The number of halogens is 3. The summed E-state index contributed by atoms with van der Waals surface area (Å²) in [6, 6.07) is 4.06. The van der Waals surface area contributed by atoms with Crippen LogP contribution in [0.25, 0.3) is 22.3 Å². The SMILES string of the molecule is FC1=CC=C(c2nn3ccc(Cl)cc3c2-c2nc(NC3CCCC3)ncc2Br)CC=C1. The molecule has 3 aromatic heterocycles. The van der Waals surface area contributed by atoms with E-state index in [9.17, 15) is 4.39 Å². The van der Waals surface area contributed by atoms with Crippen molar-refractivity contribution >= 4 is 44.6 Å². The molecule has 1 N–H and O–H groups in total. The van der Waals surface area contributed by atoms with E-state index in [2.05, 4.69) is 26.2 Å². The van der Waals surface area contributed by atoms with Crippen LogP contribution in [-0.2, 0) is 0 Å². The van der Waals surface area contributed by atoms with E-state index in [0.29, 0.717) is 23.4 Å². The topological polar surface area (TPSA) is 55.1 Å². The lowest BCUT2D eigenvalue weighted by atomic mass is 10.0. The van der Waals surface area contributed by atoms with E-state index in [-0.39, 0.29) is 5.83 Å². The molecule has 2 aliphatic rings. The molecule has 1 fully saturated rings. The quantitative estimate of drug-likeness (QED) is 0.430. The Morgan fingerprint density at radius 1 is 1.19 bits per heavy atom. The summed E-state index contributed by atoms with van der Waals surface area (Å²) >= 11 is 9.94. The predicted octanol–water partition coefficient (Wildman–Crippen LogP) is 6.76. The molecule has 0 bridgehead atoms. The highest BCUT2D eigenvalue weighted by Gasteiger charge is 2.23. The number of rotatable bonds is 4. The van der Waals surface area contributed by atoms with Gasteiger partial charge in [0.05, 0.1) is 26.9 Å². The Labute approximate surface area is 192 Å². The largest absolute Gasteiger partial charge is 0.351 e. The van der Waals surface area contributed by atoms with E-state index in [0.717, 1.165) is 45.4 Å². The minimum Gasteiger partial charge on any atom is -0.351 e. The maximum atomic E-state index is 13.8. The van der Waals surface area contributed by atoms with Crippen LogP contribution in [0, 0.1) is 0 Å². The zero-order chi connectivity index (χ0) is 21.4. The third-order valence-corrected chi connectivity index (χ3v) is 6.44. The molecule has 5 rings (SSSR count). The van der Waals surface area contributed by atoms with Gasteiger partial charge in [-0.15, -0.1) is 0 Å². The first-order valence-electron chi connectivity index (χ1n) is 10.3. The molecule has 1 saturated carbocycles. The van der Waals surface area contributed by atoms with Gasteiger partial charge in [-0.05, 0) is 65.1 Å². The summed E-state index contributed by atoms with van der Waals surface area (Å²) in [4.78, 5) is 9.32. The molecule has 8 heteroatoms. The fourth-order valence-electron chi connectivity index (χ4n) is 4.12. The number of allylic oxidation sites excluding steroid dienone is 6. The van der Waals surface area contributed by atoms with E-state index in [1.54, 1.807) is 28.9 Å². The summed E-state index contributed by atoms with van der Waals surface area (Å²) in [5, 5.41) is 8.87. The third kappa shape index (κ3) is 4.16. The molecule has 3 aromatic rings. The maximum absolute atomic E-state index is 13.8. The number of fused-ring (bicyclic) bond motifs is 1. The predicted molar refractivity (Wildman–Crippen MR) is 126 cm³/mol. The molecule has 0 aromatic carbocycles. The molecule has 0 atom stereocenters. The Morgan fingerprint density at radius 3 is 2.87 bits per heavy atom. The lowest BCUT2D eigenvalue weighted by molar-refractivity contribution is 0.667. The number of pyridine rings is 1. The molecule has 0 aliphatic heterocycles. The summed E-state index contributed by atoms with van der Waals surface area (Å²) in [5.41, 5.74) is 4.02. The van der Waals surface area contributed by atoms with E-state index in [1.807, 2.05) is 12.3 Å². The fourth-order valence-corrected chi connectivity index (χ4v) is 4.67. The molecule has 0 saturated heterocycles. The van der Waals surface area contributed by atoms with Gasteiger partial charge in [0.1, 0.15) is 5.83 Å². The molecule has 31 heavy (non-hydrogen) atoms. The average Bonchev–Trinajstić information content (AvgIpc) is 3.33. The fraction of sp³-hybridized carbons (Fsp3) is 0.261. The molecular weight excluding hydrogens is 481 g/mol. The van der Waals surface area contributed by atoms with Crippen LogP contribution in [0.4, 0.5) is 10.3 Å². The third-order valence-electron chi connectivity index (χ3n) is 5.63. The van der Waals surface area contributed by atoms with Crippen molar-refractivity contribution in [2.75, 3.05) is 5.32 Å². The first-order valence-corrected chi connectivity index (χ1v) is 11.5. The zero-order valence-corrected chi connectivity index (χ0v) is 19.0. The minimum absolute atomic E-state index is 0.283. The van der Waals surface area contributed by atoms with Crippen LogP contribution in [0.3, 0.4) is 0 Å². The average molecular weight is 501 g/mol. The van der Waals surface area contributed by atoms with Crippen molar-refractivity contribution in [3.05, 3.63) is 69.8 Å². The maximum Gasteiger partial charge on any atom is 0.223 e. The number of nitrogens with one attached hydrogen (secondary N) is 1. The van der Waals surface area contributed by atoms with Gasteiger partial charge in [-0.1, -0.05) is 36.6 Å². The highest BCUT2D eigenvalue weighted by molar-refractivity contribution is 9.10. The Hall–Kier alpha value is -2.51. The molecule has 0 unspecified atom stereocenters. The van der Waals surface area contributed by atoms with Crippen LogP contribution >= 0.6 is 27.5 Å². The van der Waals surface area contributed by atoms with Crippen LogP contribution in [0.15, 0.2) is 59.1 Å². The van der Waals surface area contributed by atoms with Gasteiger partial charge in [0.15, 0.2) is 0 Å². The van der Waals surface area contributed by atoms with E-state index >= 15 is 0 Å². The van der Waals surface area contributed by atoms with Gasteiger partial charge in [-0.2, -0.15) is 5.10 Å². The summed E-state index contributed by atoms with van der Waals surface area (Å²) in [6.45, 7) is 0. The number of hydrogen-bond acceptors (Lipinski definition) is 4. The van der Waals surface area contributed by atoms with Gasteiger partial charge in [0, 0.05) is 23.5 Å². The summed E-state index contributed by atoms with van der Waals surface area (Å²) < 4.78 is 16.3. The molecular formula is C23H20BrClFN5. The Kier molecular flexibility index (Phi) is 5.63. The minimum atomic E-state index is -0.283. The van der Waals surface area contributed by atoms with Crippen molar-refractivity contribution in [3.8, 4) is 11.3 Å². The Balaban J connectivity index is 1.68. The van der Waals surface area contributed by atoms with Crippen LogP contribution < -0.4 is 5.32 Å². The summed E-state index contributed by atoms with van der Waals surface area (Å²) in [7, 11) is 0. The first kappa shape index (κ1) is 20.4. The van der Waals surface area contributed by atoms with Gasteiger partial charge in [-0.3, -0.25) is 0 Å². The van der Waals surface area contributed by atoms with Crippen molar-refractivity contribution in [3.63, 3.8) is 0 Å². The van der Waals surface area contributed by atoms with Gasteiger partial charge in [0.2, 0.25) is 5.95 Å². The van der Waals surface area contributed by atoms with Gasteiger partial charge >= 0.3 is 0 Å². The summed E-state index contributed by atoms with van der Waals surface area (Å²) in [6.07, 6.45) is 15.4. The Morgan fingerprint density at radius 2 is 2.03 bits per heavy atom. The van der Waals surface area contributed by atoms with Gasteiger partial charge in [0.25, 0.3) is 0 Å². The van der Waals surface area contributed by atoms with Crippen LogP contribution in [0.5, 0.6) is 0 Å². The molecule has 158 valence electrons. The molecule has 0 radical (unpaired) electrons. The second-order valence-corrected chi connectivity index (χ2v) is 9.05. The van der Waals surface area contributed by atoms with Crippen molar-refractivity contribution in [1.29, 1.82) is 0 Å². The van der Waals surface area contributed by atoms with Crippen LogP contribution in [0.1, 0.15) is 37.8 Å². The molecule has 0 amide bonds. The second kappa shape index (κ2) is 8.55. The molecule has 3 heterocycles. The highest BCUT2D eigenvalue weighted by Crippen LogP contribution is 2.38. The zero-order valence-electron chi connectivity index (χ0n) is 16.7.